The second kappa shape index (κ2) is 18.3. The van der Waals surface area contributed by atoms with Gasteiger partial charge in [0.05, 0.1) is 13.2 Å². The fourth-order valence-electron chi connectivity index (χ4n) is 3.18. The zero-order valence-corrected chi connectivity index (χ0v) is 18.4. The van der Waals surface area contributed by atoms with E-state index in [1.807, 2.05) is 13.8 Å². The number of carbonyl (C=O) groups is 2. The monoisotopic (exact) mass is 384 g/mol. The third kappa shape index (κ3) is 16.8. The van der Waals surface area contributed by atoms with Gasteiger partial charge in [0.25, 0.3) is 0 Å². The molecular formula is C23H44O4. The predicted molar refractivity (Wildman–Crippen MR) is 112 cm³/mol. The van der Waals surface area contributed by atoms with Gasteiger partial charge in [-0.25, -0.2) is 0 Å². The molecule has 4 heteroatoms. The molecule has 0 aromatic rings. The molecule has 0 heterocycles. The minimum Gasteiger partial charge on any atom is -0.466 e. The zero-order valence-electron chi connectivity index (χ0n) is 18.4. The summed E-state index contributed by atoms with van der Waals surface area (Å²) in [5.41, 5.74) is 0. The molecule has 0 rings (SSSR count). The Morgan fingerprint density at radius 1 is 0.704 bits per heavy atom. The molecular weight excluding hydrogens is 340 g/mol. The van der Waals surface area contributed by atoms with Crippen molar-refractivity contribution in [2.45, 2.75) is 111 Å². The number of esters is 2. The van der Waals surface area contributed by atoms with Gasteiger partial charge in [-0.15, -0.1) is 0 Å². The third-order valence-electron chi connectivity index (χ3n) is 5.01. The van der Waals surface area contributed by atoms with Crippen LogP contribution in [-0.2, 0) is 19.1 Å². The van der Waals surface area contributed by atoms with Crippen molar-refractivity contribution in [3.63, 3.8) is 0 Å². The highest BCUT2D eigenvalue weighted by Gasteiger charge is 2.18. The summed E-state index contributed by atoms with van der Waals surface area (Å²) in [5.74, 6) is 0.897. The van der Waals surface area contributed by atoms with Crippen LogP contribution in [0.2, 0.25) is 0 Å². The number of hydrogen-bond donors (Lipinski definition) is 0. The van der Waals surface area contributed by atoms with Crippen LogP contribution in [0.15, 0.2) is 0 Å². The first-order valence-corrected chi connectivity index (χ1v) is 11.3. The standard InChI is InChI=1S/C23H44O4/c1-5-17-26-22(24)16-14-12-10-8-7-9-11-13-15-21(20(3)4)19-23(25)27-18-6-2/h20-21H,5-19H2,1-4H3. The Hall–Kier alpha value is -1.06. The highest BCUT2D eigenvalue weighted by Crippen LogP contribution is 2.23. The summed E-state index contributed by atoms with van der Waals surface area (Å²) < 4.78 is 10.3. The van der Waals surface area contributed by atoms with Crippen LogP contribution in [0.3, 0.4) is 0 Å². The molecule has 0 aliphatic heterocycles. The van der Waals surface area contributed by atoms with Crippen molar-refractivity contribution >= 4 is 11.9 Å². The van der Waals surface area contributed by atoms with E-state index in [4.69, 9.17) is 9.47 Å². The first kappa shape index (κ1) is 25.9. The molecule has 0 bridgehead atoms. The average molecular weight is 385 g/mol. The predicted octanol–water partition coefficient (Wildman–Crippen LogP) is 6.46. The maximum Gasteiger partial charge on any atom is 0.306 e. The van der Waals surface area contributed by atoms with Gasteiger partial charge in [0.2, 0.25) is 0 Å². The average Bonchev–Trinajstić information content (AvgIpc) is 2.64. The Balaban J connectivity index is 3.57. The van der Waals surface area contributed by atoms with Gasteiger partial charge in [-0.05, 0) is 37.5 Å². The highest BCUT2D eigenvalue weighted by atomic mass is 16.5. The SMILES string of the molecule is CCCOC(=O)CCCCCCCCCCC(CC(=O)OCCC)C(C)C. The molecule has 0 aliphatic carbocycles. The number of rotatable bonds is 18. The van der Waals surface area contributed by atoms with Gasteiger partial charge in [0.1, 0.15) is 0 Å². The number of carbonyl (C=O) groups excluding carboxylic acids is 2. The van der Waals surface area contributed by atoms with E-state index in [0.717, 1.165) is 32.1 Å². The van der Waals surface area contributed by atoms with E-state index in [9.17, 15) is 9.59 Å². The fraction of sp³-hybridized carbons (Fsp3) is 0.913. The summed E-state index contributed by atoms with van der Waals surface area (Å²) >= 11 is 0. The summed E-state index contributed by atoms with van der Waals surface area (Å²) in [4.78, 5) is 23.2. The van der Waals surface area contributed by atoms with Crippen molar-refractivity contribution < 1.29 is 19.1 Å². The minimum absolute atomic E-state index is 0.0332. The van der Waals surface area contributed by atoms with Crippen LogP contribution >= 0.6 is 0 Å². The van der Waals surface area contributed by atoms with Gasteiger partial charge in [-0.2, -0.15) is 0 Å². The molecule has 1 unspecified atom stereocenters. The quantitative estimate of drug-likeness (QED) is 0.201. The molecule has 0 radical (unpaired) electrons. The van der Waals surface area contributed by atoms with Crippen molar-refractivity contribution in [3.8, 4) is 0 Å². The summed E-state index contributed by atoms with van der Waals surface area (Å²) in [6, 6.07) is 0. The van der Waals surface area contributed by atoms with E-state index >= 15 is 0 Å². The molecule has 1 atom stereocenters. The van der Waals surface area contributed by atoms with E-state index in [1.165, 1.54) is 38.5 Å². The van der Waals surface area contributed by atoms with Gasteiger partial charge in [0.15, 0.2) is 0 Å². The maximum absolute atomic E-state index is 11.8. The zero-order chi connectivity index (χ0) is 20.3. The topological polar surface area (TPSA) is 52.6 Å². The molecule has 0 saturated carbocycles. The second-order valence-corrected chi connectivity index (χ2v) is 8.02. The maximum atomic E-state index is 11.8. The van der Waals surface area contributed by atoms with Gasteiger partial charge in [-0.1, -0.05) is 72.6 Å². The summed E-state index contributed by atoms with van der Waals surface area (Å²) in [6.07, 6.45) is 13.6. The second-order valence-electron chi connectivity index (χ2n) is 8.02. The van der Waals surface area contributed by atoms with Crippen molar-refractivity contribution in [1.29, 1.82) is 0 Å². The first-order chi connectivity index (χ1) is 13.0. The minimum atomic E-state index is -0.0462. The van der Waals surface area contributed by atoms with Crippen molar-refractivity contribution in [2.75, 3.05) is 13.2 Å². The van der Waals surface area contributed by atoms with Gasteiger partial charge in [-0.3, -0.25) is 9.59 Å². The van der Waals surface area contributed by atoms with Crippen molar-refractivity contribution in [3.05, 3.63) is 0 Å². The lowest BCUT2D eigenvalue weighted by atomic mass is 9.87. The van der Waals surface area contributed by atoms with E-state index in [1.54, 1.807) is 0 Å². The first-order valence-electron chi connectivity index (χ1n) is 11.3. The lowest BCUT2D eigenvalue weighted by molar-refractivity contribution is -0.145. The van der Waals surface area contributed by atoms with Crippen LogP contribution in [0.4, 0.5) is 0 Å². The summed E-state index contributed by atoms with van der Waals surface area (Å²) in [6.45, 7) is 9.54. The highest BCUT2D eigenvalue weighted by molar-refractivity contribution is 5.69. The van der Waals surface area contributed by atoms with Gasteiger partial charge >= 0.3 is 11.9 Å². The molecule has 0 aromatic carbocycles. The van der Waals surface area contributed by atoms with E-state index in [0.29, 0.717) is 37.9 Å². The van der Waals surface area contributed by atoms with Crippen LogP contribution in [0, 0.1) is 11.8 Å². The van der Waals surface area contributed by atoms with Crippen LogP contribution in [-0.4, -0.2) is 25.2 Å². The van der Waals surface area contributed by atoms with Gasteiger partial charge < -0.3 is 9.47 Å². The van der Waals surface area contributed by atoms with Crippen molar-refractivity contribution in [1.82, 2.24) is 0 Å². The molecule has 0 aliphatic rings. The smallest absolute Gasteiger partial charge is 0.306 e. The molecule has 0 aromatic heterocycles. The molecule has 27 heavy (non-hydrogen) atoms. The Bertz CT molecular complexity index is 365. The molecule has 0 fully saturated rings. The van der Waals surface area contributed by atoms with Gasteiger partial charge in [0, 0.05) is 12.8 Å². The Morgan fingerprint density at radius 2 is 1.19 bits per heavy atom. The van der Waals surface area contributed by atoms with E-state index < -0.39 is 0 Å². The molecule has 0 N–H and O–H groups in total. The van der Waals surface area contributed by atoms with Crippen molar-refractivity contribution in [2.24, 2.45) is 11.8 Å². The van der Waals surface area contributed by atoms with E-state index in [-0.39, 0.29) is 11.9 Å². The number of ether oxygens (including phenoxy) is 2. The fourth-order valence-corrected chi connectivity index (χ4v) is 3.18. The summed E-state index contributed by atoms with van der Waals surface area (Å²) in [5, 5.41) is 0. The normalized spacial score (nSPS) is 12.2. The lowest BCUT2D eigenvalue weighted by Gasteiger charge is -2.20. The van der Waals surface area contributed by atoms with E-state index in [2.05, 4.69) is 13.8 Å². The molecule has 0 amide bonds. The third-order valence-corrected chi connectivity index (χ3v) is 5.01. The molecule has 0 saturated heterocycles. The largest absolute Gasteiger partial charge is 0.466 e. The summed E-state index contributed by atoms with van der Waals surface area (Å²) in [7, 11) is 0. The molecule has 4 nitrogen and oxygen atoms in total. The molecule has 160 valence electrons. The Kier molecular flexibility index (Phi) is 17.6. The van der Waals surface area contributed by atoms with Crippen LogP contribution in [0.25, 0.3) is 0 Å². The van der Waals surface area contributed by atoms with Crippen LogP contribution < -0.4 is 0 Å². The number of unbranched alkanes of at least 4 members (excludes halogenated alkanes) is 7. The molecule has 0 spiro atoms. The Labute approximate surface area is 167 Å². The number of hydrogen-bond acceptors (Lipinski definition) is 4. The Morgan fingerprint density at radius 3 is 1.70 bits per heavy atom. The van der Waals surface area contributed by atoms with Crippen LogP contribution in [0.5, 0.6) is 0 Å². The van der Waals surface area contributed by atoms with Crippen LogP contribution in [0.1, 0.15) is 111 Å². The lowest BCUT2D eigenvalue weighted by Crippen LogP contribution is -2.16.